The minimum atomic E-state index is -0.871. The Bertz CT molecular complexity index is 1150. The normalized spacial score (nSPS) is 11.8. The zero-order valence-corrected chi connectivity index (χ0v) is 19.0. The first-order chi connectivity index (χ1) is 15.3. The fourth-order valence-corrected chi connectivity index (χ4v) is 3.08. The van der Waals surface area contributed by atoms with Crippen molar-refractivity contribution in [2.75, 3.05) is 0 Å². The largest absolute Gasteiger partial charge is 0.479 e. The van der Waals surface area contributed by atoms with Crippen molar-refractivity contribution in [2.24, 2.45) is 5.10 Å². The molecule has 0 heterocycles. The number of amides is 1. The summed E-state index contributed by atoms with van der Waals surface area (Å²) < 4.78 is 11.0. The zero-order chi connectivity index (χ0) is 23.1. The van der Waals surface area contributed by atoms with Crippen LogP contribution in [0.4, 0.5) is 0 Å². The molecule has 0 saturated heterocycles. The molecule has 1 unspecified atom stereocenters. The van der Waals surface area contributed by atoms with E-state index in [0.29, 0.717) is 26.9 Å². The molecular formula is C23H17Cl3N2O4. The van der Waals surface area contributed by atoms with Crippen LogP contribution in [0.25, 0.3) is 0 Å². The van der Waals surface area contributed by atoms with Crippen LogP contribution in [-0.2, 0) is 4.79 Å². The molecule has 3 aromatic carbocycles. The van der Waals surface area contributed by atoms with Gasteiger partial charge in [0.2, 0.25) is 0 Å². The van der Waals surface area contributed by atoms with Crippen molar-refractivity contribution in [1.29, 1.82) is 0 Å². The predicted octanol–water partition coefficient (Wildman–Crippen LogP) is 5.78. The highest BCUT2D eigenvalue weighted by Crippen LogP contribution is 2.28. The van der Waals surface area contributed by atoms with E-state index in [-0.39, 0.29) is 10.8 Å². The van der Waals surface area contributed by atoms with Crippen molar-refractivity contribution in [2.45, 2.75) is 13.0 Å². The highest BCUT2D eigenvalue weighted by atomic mass is 35.5. The molecule has 164 valence electrons. The van der Waals surface area contributed by atoms with Gasteiger partial charge in [-0.1, -0.05) is 46.9 Å². The van der Waals surface area contributed by atoms with Gasteiger partial charge in [-0.05, 0) is 61.5 Å². The lowest BCUT2D eigenvalue weighted by atomic mass is 10.2. The van der Waals surface area contributed by atoms with Crippen LogP contribution in [0, 0.1) is 0 Å². The number of carbonyl (C=O) groups is 2. The van der Waals surface area contributed by atoms with Gasteiger partial charge in [0.15, 0.2) is 6.10 Å². The number of hydrogen-bond acceptors (Lipinski definition) is 5. The number of hydrazone groups is 1. The van der Waals surface area contributed by atoms with Crippen molar-refractivity contribution < 1.29 is 19.1 Å². The minimum Gasteiger partial charge on any atom is -0.479 e. The van der Waals surface area contributed by atoms with E-state index in [1.54, 1.807) is 67.6 Å². The van der Waals surface area contributed by atoms with Gasteiger partial charge in [-0.15, -0.1) is 0 Å². The summed E-state index contributed by atoms with van der Waals surface area (Å²) >= 11 is 17.7. The van der Waals surface area contributed by atoms with E-state index in [1.165, 1.54) is 12.3 Å². The summed E-state index contributed by atoms with van der Waals surface area (Å²) in [5.74, 6) is -0.443. The topological polar surface area (TPSA) is 77.0 Å². The molecule has 0 saturated carbocycles. The number of nitrogens with zero attached hydrogens (tertiary/aromatic N) is 1. The number of halogens is 3. The molecule has 32 heavy (non-hydrogen) atoms. The van der Waals surface area contributed by atoms with Gasteiger partial charge in [0.05, 0.1) is 16.8 Å². The van der Waals surface area contributed by atoms with Crippen LogP contribution in [-0.4, -0.2) is 24.2 Å². The molecule has 0 bridgehead atoms. The van der Waals surface area contributed by atoms with Crippen LogP contribution >= 0.6 is 34.8 Å². The van der Waals surface area contributed by atoms with Crippen LogP contribution in [0.15, 0.2) is 71.8 Å². The van der Waals surface area contributed by atoms with E-state index in [4.69, 9.17) is 44.3 Å². The monoisotopic (exact) mass is 490 g/mol. The van der Waals surface area contributed by atoms with Gasteiger partial charge in [0.1, 0.15) is 11.5 Å². The molecule has 0 radical (unpaired) electrons. The molecule has 1 amide bonds. The Morgan fingerprint density at radius 1 is 0.938 bits per heavy atom. The third-order valence-corrected chi connectivity index (χ3v) is 4.93. The second kappa shape index (κ2) is 11.0. The van der Waals surface area contributed by atoms with Crippen molar-refractivity contribution >= 4 is 52.9 Å². The van der Waals surface area contributed by atoms with Crippen LogP contribution in [0.1, 0.15) is 22.8 Å². The van der Waals surface area contributed by atoms with E-state index in [1.807, 2.05) is 0 Å². The smallest absolute Gasteiger partial charge is 0.343 e. The van der Waals surface area contributed by atoms with Gasteiger partial charge in [-0.25, -0.2) is 10.2 Å². The molecule has 6 nitrogen and oxygen atoms in total. The number of hydrogen-bond donors (Lipinski definition) is 1. The number of nitrogens with one attached hydrogen (secondary N) is 1. The maximum Gasteiger partial charge on any atom is 0.343 e. The molecule has 0 aliphatic rings. The Labute approximate surface area is 199 Å². The average Bonchev–Trinajstić information content (AvgIpc) is 2.77. The fourth-order valence-electron chi connectivity index (χ4n) is 2.50. The molecule has 9 heteroatoms. The molecule has 0 aliphatic carbocycles. The lowest BCUT2D eigenvalue weighted by molar-refractivity contribution is -0.127. The summed E-state index contributed by atoms with van der Waals surface area (Å²) in [4.78, 5) is 24.6. The van der Waals surface area contributed by atoms with Crippen molar-refractivity contribution in [3.05, 3.63) is 92.9 Å². The van der Waals surface area contributed by atoms with Gasteiger partial charge in [-0.3, -0.25) is 4.79 Å². The van der Waals surface area contributed by atoms with Crippen LogP contribution in [0.5, 0.6) is 11.5 Å². The molecule has 0 aromatic heterocycles. The minimum absolute atomic E-state index is 0.280. The zero-order valence-electron chi connectivity index (χ0n) is 16.7. The summed E-state index contributed by atoms with van der Waals surface area (Å²) in [6, 6.07) is 17.8. The fraction of sp³-hybridized carbons (Fsp3) is 0.0870. The number of benzene rings is 3. The lowest BCUT2D eigenvalue weighted by Gasteiger charge is -2.14. The summed E-state index contributed by atoms with van der Waals surface area (Å²) in [7, 11) is 0. The van der Waals surface area contributed by atoms with Gasteiger partial charge < -0.3 is 9.47 Å². The summed E-state index contributed by atoms with van der Waals surface area (Å²) in [5.41, 5.74) is 3.22. The van der Waals surface area contributed by atoms with Crippen molar-refractivity contribution in [3.8, 4) is 11.5 Å². The number of esters is 1. The number of rotatable bonds is 7. The summed E-state index contributed by atoms with van der Waals surface area (Å²) in [6.07, 6.45) is 0.494. The number of ether oxygens (including phenoxy) is 2. The first-order valence-corrected chi connectivity index (χ1v) is 10.5. The number of carbonyl (C=O) groups excluding carboxylic acids is 2. The maximum atomic E-state index is 12.4. The Hall–Kier alpha value is -3.06. The summed E-state index contributed by atoms with van der Waals surface area (Å²) in [5, 5.41) is 5.19. The van der Waals surface area contributed by atoms with Gasteiger partial charge in [0, 0.05) is 15.6 Å². The van der Waals surface area contributed by atoms with Crippen molar-refractivity contribution in [1.82, 2.24) is 5.43 Å². The van der Waals surface area contributed by atoms with E-state index in [9.17, 15) is 9.59 Å². The summed E-state index contributed by atoms with van der Waals surface area (Å²) in [6.45, 7) is 1.55. The lowest BCUT2D eigenvalue weighted by Crippen LogP contribution is -2.33. The van der Waals surface area contributed by atoms with E-state index in [2.05, 4.69) is 10.5 Å². The standard InChI is InChI=1S/C23H17Cl3N2O4/c1-14(31-21-11-10-18(25)12-19(21)26)22(29)28-27-13-16-4-2-3-5-20(16)32-23(30)15-6-8-17(24)9-7-15/h2-14H,1H3,(H,28,29)/b27-13+. The number of para-hydroxylation sites is 1. The van der Waals surface area contributed by atoms with Crippen LogP contribution in [0.3, 0.4) is 0 Å². The molecule has 1 atom stereocenters. The molecule has 3 rings (SSSR count). The molecule has 0 aliphatic heterocycles. The molecule has 1 N–H and O–H groups in total. The first kappa shape index (κ1) is 23.6. The molecule has 0 spiro atoms. The van der Waals surface area contributed by atoms with Gasteiger partial charge in [-0.2, -0.15) is 5.10 Å². The Balaban J connectivity index is 1.62. The van der Waals surface area contributed by atoms with Gasteiger partial charge in [0.25, 0.3) is 5.91 Å². The highest BCUT2D eigenvalue weighted by molar-refractivity contribution is 6.35. The average molecular weight is 492 g/mol. The quantitative estimate of drug-likeness (QED) is 0.197. The SMILES string of the molecule is CC(Oc1ccc(Cl)cc1Cl)C(=O)N/N=C/c1ccccc1OC(=O)c1ccc(Cl)cc1. The third kappa shape index (κ3) is 6.47. The second-order valence-electron chi connectivity index (χ2n) is 6.50. The van der Waals surface area contributed by atoms with Crippen LogP contribution < -0.4 is 14.9 Å². The van der Waals surface area contributed by atoms with E-state index < -0.39 is 18.0 Å². The second-order valence-corrected chi connectivity index (χ2v) is 7.78. The Morgan fingerprint density at radius 3 is 2.34 bits per heavy atom. The Kier molecular flexibility index (Phi) is 8.11. The molecular weight excluding hydrogens is 475 g/mol. The van der Waals surface area contributed by atoms with E-state index >= 15 is 0 Å². The predicted molar refractivity (Wildman–Crippen MR) is 125 cm³/mol. The molecule has 0 fully saturated rings. The third-order valence-electron chi connectivity index (χ3n) is 4.15. The first-order valence-electron chi connectivity index (χ1n) is 9.35. The molecule has 3 aromatic rings. The maximum absolute atomic E-state index is 12.4. The van der Waals surface area contributed by atoms with Crippen LogP contribution in [0.2, 0.25) is 15.1 Å². The highest BCUT2D eigenvalue weighted by Gasteiger charge is 2.16. The van der Waals surface area contributed by atoms with Gasteiger partial charge >= 0.3 is 5.97 Å². The Morgan fingerprint density at radius 2 is 1.62 bits per heavy atom. The van der Waals surface area contributed by atoms with Crippen molar-refractivity contribution in [3.63, 3.8) is 0 Å². The van der Waals surface area contributed by atoms with E-state index in [0.717, 1.165) is 0 Å².